The molecule has 19 heteroatoms. The van der Waals surface area contributed by atoms with Crippen molar-refractivity contribution in [1.82, 2.24) is 0 Å². The minimum atomic E-state index is -4.94. The van der Waals surface area contributed by atoms with Crippen LogP contribution in [0.15, 0.2) is 0 Å². The van der Waals surface area contributed by atoms with Crippen molar-refractivity contribution in [2.75, 3.05) is 39.6 Å². The number of esters is 4. The molecular weight excluding hydrogens is 1110 g/mol. The minimum absolute atomic E-state index is 0.103. The van der Waals surface area contributed by atoms with Crippen LogP contribution in [-0.2, 0) is 65.4 Å². The molecule has 0 aromatic heterocycles. The maximum Gasteiger partial charge on any atom is 0.472 e. The number of aliphatic hydroxyl groups is 1. The van der Waals surface area contributed by atoms with Crippen molar-refractivity contribution in [2.45, 2.75) is 348 Å². The highest BCUT2D eigenvalue weighted by Gasteiger charge is 2.30. The second-order valence-electron chi connectivity index (χ2n) is 24.0. The first-order chi connectivity index (χ1) is 40.5. The lowest BCUT2D eigenvalue weighted by molar-refractivity contribution is -0.161. The van der Waals surface area contributed by atoms with Crippen LogP contribution in [0.3, 0.4) is 0 Å². The van der Waals surface area contributed by atoms with Gasteiger partial charge in [-0.15, -0.1) is 0 Å². The SMILES string of the molecule is CCCCCCCCCCCCCCCCCCCC(=O)O[C@H](COC(=O)CCCCCCCCCCCCCC)COP(=O)(O)OC[C@@H](O)COP(=O)(O)OC[C@@H](COC(=O)CCCCCCC)OC(=O)CCCCCCCCCC(C)C. The Balaban J connectivity index is 5.15. The van der Waals surface area contributed by atoms with E-state index in [-0.39, 0.29) is 25.7 Å². The van der Waals surface area contributed by atoms with E-state index in [0.29, 0.717) is 31.6 Å². The molecule has 3 N–H and O–H groups in total. The zero-order valence-electron chi connectivity index (χ0n) is 54.0. The lowest BCUT2D eigenvalue weighted by atomic mass is 10.0. The van der Waals surface area contributed by atoms with Crippen molar-refractivity contribution in [3.8, 4) is 0 Å². The first-order valence-corrected chi connectivity index (χ1v) is 37.1. The first-order valence-electron chi connectivity index (χ1n) is 34.1. The van der Waals surface area contributed by atoms with Gasteiger partial charge in [-0.3, -0.25) is 37.3 Å². The molecule has 0 aromatic rings. The molecule has 0 aliphatic heterocycles. The number of carbonyl (C=O) groups excluding carboxylic acids is 4. The average Bonchev–Trinajstić information content (AvgIpc) is 3.49. The largest absolute Gasteiger partial charge is 0.472 e. The summed E-state index contributed by atoms with van der Waals surface area (Å²) in [6.07, 6.45) is 43.5. The molecule has 0 saturated carbocycles. The number of phosphoric ester groups is 2. The minimum Gasteiger partial charge on any atom is -0.462 e. The lowest BCUT2D eigenvalue weighted by Gasteiger charge is -2.21. The van der Waals surface area contributed by atoms with Gasteiger partial charge in [-0.25, -0.2) is 9.13 Å². The Bertz CT molecular complexity index is 1640. The van der Waals surface area contributed by atoms with E-state index >= 15 is 0 Å². The van der Waals surface area contributed by atoms with Gasteiger partial charge in [0.05, 0.1) is 26.4 Å². The van der Waals surface area contributed by atoms with E-state index in [1.165, 1.54) is 148 Å². The van der Waals surface area contributed by atoms with Crippen LogP contribution >= 0.6 is 15.6 Å². The summed E-state index contributed by atoms with van der Waals surface area (Å²) in [4.78, 5) is 72.0. The zero-order valence-corrected chi connectivity index (χ0v) is 55.8. The third-order valence-electron chi connectivity index (χ3n) is 15.0. The molecule has 17 nitrogen and oxygen atoms in total. The molecule has 0 rings (SSSR count). The maximum atomic E-state index is 13.0. The Labute approximate surface area is 511 Å². The highest BCUT2D eigenvalue weighted by atomic mass is 31.2. The Morgan fingerprint density at radius 3 is 0.810 bits per heavy atom. The summed E-state index contributed by atoms with van der Waals surface area (Å²) in [5.41, 5.74) is 0. The van der Waals surface area contributed by atoms with Gasteiger partial charge in [0.2, 0.25) is 0 Å². The molecule has 0 aliphatic carbocycles. The van der Waals surface area contributed by atoms with E-state index in [2.05, 4.69) is 34.6 Å². The van der Waals surface area contributed by atoms with Crippen LogP contribution in [0.4, 0.5) is 0 Å². The topological polar surface area (TPSA) is 237 Å². The molecule has 0 bridgehead atoms. The molecule has 0 aliphatic rings. The summed E-state index contributed by atoms with van der Waals surface area (Å²) in [5.74, 6) is -1.45. The van der Waals surface area contributed by atoms with Gasteiger partial charge >= 0.3 is 39.5 Å². The van der Waals surface area contributed by atoms with Gasteiger partial charge in [0, 0.05) is 25.7 Å². The summed E-state index contributed by atoms with van der Waals surface area (Å²) in [6, 6.07) is 0. The summed E-state index contributed by atoms with van der Waals surface area (Å²) in [6.45, 7) is 7.05. The zero-order chi connectivity index (χ0) is 62.0. The highest BCUT2D eigenvalue weighted by molar-refractivity contribution is 7.47. The highest BCUT2D eigenvalue weighted by Crippen LogP contribution is 2.45. The van der Waals surface area contributed by atoms with Gasteiger partial charge in [-0.2, -0.15) is 0 Å². The molecular formula is C65H126O17P2. The van der Waals surface area contributed by atoms with Crippen molar-refractivity contribution in [1.29, 1.82) is 0 Å². The maximum absolute atomic E-state index is 13.0. The summed E-state index contributed by atoms with van der Waals surface area (Å²) < 4.78 is 67.8. The van der Waals surface area contributed by atoms with Crippen molar-refractivity contribution in [3.63, 3.8) is 0 Å². The smallest absolute Gasteiger partial charge is 0.462 e. The van der Waals surface area contributed by atoms with Gasteiger partial charge in [-0.1, -0.05) is 279 Å². The Hall–Kier alpha value is -1.94. The van der Waals surface area contributed by atoms with E-state index in [1.807, 2.05) is 0 Å². The van der Waals surface area contributed by atoms with Crippen LogP contribution < -0.4 is 0 Å². The monoisotopic (exact) mass is 1240 g/mol. The second-order valence-corrected chi connectivity index (χ2v) is 26.9. The van der Waals surface area contributed by atoms with Crippen LogP contribution in [0.1, 0.15) is 330 Å². The van der Waals surface area contributed by atoms with Crippen LogP contribution in [0.5, 0.6) is 0 Å². The number of rotatable bonds is 65. The number of aliphatic hydroxyl groups excluding tert-OH is 1. The fraction of sp³-hybridized carbons (Fsp3) is 0.938. The molecule has 0 amide bonds. The molecule has 0 spiro atoms. The molecule has 498 valence electrons. The van der Waals surface area contributed by atoms with Gasteiger partial charge in [-0.05, 0) is 31.6 Å². The number of hydrogen-bond donors (Lipinski definition) is 3. The van der Waals surface area contributed by atoms with Crippen LogP contribution in [0.25, 0.3) is 0 Å². The molecule has 0 fully saturated rings. The quantitative estimate of drug-likeness (QED) is 0.0222. The predicted molar refractivity (Wildman–Crippen MR) is 335 cm³/mol. The molecule has 84 heavy (non-hydrogen) atoms. The summed E-state index contributed by atoms with van der Waals surface area (Å²) in [5, 5.41) is 10.5. The lowest BCUT2D eigenvalue weighted by Crippen LogP contribution is -2.30. The molecule has 0 aromatic carbocycles. The van der Waals surface area contributed by atoms with Crippen molar-refractivity contribution < 1.29 is 80.2 Å². The van der Waals surface area contributed by atoms with E-state index < -0.39 is 97.5 Å². The van der Waals surface area contributed by atoms with Gasteiger partial charge < -0.3 is 33.8 Å². The van der Waals surface area contributed by atoms with Crippen molar-refractivity contribution in [3.05, 3.63) is 0 Å². The average molecular weight is 1240 g/mol. The van der Waals surface area contributed by atoms with Crippen LogP contribution in [0, 0.1) is 5.92 Å². The van der Waals surface area contributed by atoms with Crippen molar-refractivity contribution in [2.24, 2.45) is 5.92 Å². The van der Waals surface area contributed by atoms with Crippen LogP contribution in [-0.4, -0.2) is 96.7 Å². The number of ether oxygens (including phenoxy) is 4. The van der Waals surface area contributed by atoms with Crippen molar-refractivity contribution >= 4 is 39.5 Å². The van der Waals surface area contributed by atoms with Gasteiger partial charge in [0.15, 0.2) is 12.2 Å². The van der Waals surface area contributed by atoms with E-state index in [0.717, 1.165) is 96.3 Å². The Morgan fingerprint density at radius 1 is 0.321 bits per heavy atom. The standard InChI is InChI=1S/C65H126O17P2/c1-6-9-12-15-17-19-21-23-24-25-26-27-29-31-35-40-45-50-64(69)82-61(55-76-63(68)49-44-39-34-30-28-22-20-18-16-13-10-7-2)57-80-84(73,74)78-53-59(66)52-77-83(71,72)79-56-60(54-75-62(67)48-43-37-14-11-8-3)81-65(70)51-46-41-36-32-33-38-42-47-58(4)5/h58-61,66H,6-57H2,1-5H3,(H,71,72)(H,73,74)/t59-,60+,61+/m0/s1. The van der Waals surface area contributed by atoms with Gasteiger partial charge in [0.25, 0.3) is 0 Å². The normalized spacial score (nSPS) is 14.2. The fourth-order valence-electron chi connectivity index (χ4n) is 9.76. The third kappa shape index (κ3) is 59.0. The first kappa shape index (κ1) is 82.1. The molecule has 0 radical (unpaired) electrons. The van der Waals surface area contributed by atoms with Crippen LogP contribution in [0.2, 0.25) is 0 Å². The molecule has 2 unspecified atom stereocenters. The number of hydrogen-bond acceptors (Lipinski definition) is 15. The Kier molecular flexibility index (Phi) is 57.4. The second kappa shape index (κ2) is 58.7. The summed E-state index contributed by atoms with van der Waals surface area (Å²) in [7, 11) is -9.88. The number of phosphoric acid groups is 2. The predicted octanol–water partition coefficient (Wildman–Crippen LogP) is 18.2. The van der Waals surface area contributed by atoms with E-state index in [9.17, 15) is 43.2 Å². The molecule has 5 atom stereocenters. The third-order valence-corrected chi connectivity index (χ3v) is 16.9. The van der Waals surface area contributed by atoms with E-state index in [1.54, 1.807) is 0 Å². The number of carbonyl (C=O) groups is 4. The molecule has 0 heterocycles. The fourth-order valence-corrected chi connectivity index (χ4v) is 11.3. The summed E-state index contributed by atoms with van der Waals surface area (Å²) >= 11 is 0. The van der Waals surface area contributed by atoms with Gasteiger partial charge in [0.1, 0.15) is 19.3 Å². The Morgan fingerprint density at radius 2 is 0.548 bits per heavy atom. The molecule has 0 saturated heterocycles. The van der Waals surface area contributed by atoms with E-state index in [4.69, 9.17) is 37.0 Å². The number of unbranched alkanes of at least 4 members (excludes halogenated alkanes) is 37.